The molecule has 31 heavy (non-hydrogen) atoms. The molecule has 0 radical (unpaired) electrons. The Morgan fingerprint density at radius 1 is 1.13 bits per heavy atom. The summed E-state index contributed by atoms with van der Waals surface area (Å²) in [4.78, 5) is 28.0. The van der Waals surface area contributed by atoms with E-state index in [4.69, 9.17) is 21.1 Å². The fourth-order valence-electron chi connectivity index (χ4n) is 3.99. The first-order valence-corrected chi connectivity index (χ1v) is 10.8. The van der Waals surface area contributed by atoms with Crippen molar-refractivity contribution in [3.8, 4) is 11.5 Å². The number of rotatable bonds is 7. The van der Waals surface area contributed by atoms with Crippen LogP contribution in [0.3, 0.4) is 0 Å². The second-order valence-corrected chi connectivity index (χ2v) is 8.59. The average Bonchev–Trinajstić information content (AvgIpc) is 3.21. The van der Waals surface area contributed by atoms with Gasteiger partial charge in [-0.1, -0.05) is 43.6 Å². The Morgan fingerprint density at radius 2 is 1.87 bits per heavy atom. The number of benzene rings is 2. The third-order valence-electron chi connectivity index (χ3n) is 5.53. The summed E-state index contributed by atoms with van der Waals surface area (Å²) in [6.07, 6.45) is 0. The van der Waals surface area contributed by atoms with Crippen LogP contribution in [0.2, 0.25) is 5.02 Å². The van der Waals surface area contributed by atoms with Gasteiger partial charge in [0.05, 0.1) is 20.1 Å². The predicted molar refractivity (Wildman–Crippen MR) is 121 cm³/mol. The van der Waals surface area contributed by atoms with E-state index >= 15 is 0 Å². The molecule has 2 atom stereocenters. The molecule has 2 aromatic rings. The van der Waals surface area contributed by atoms with E-state index in [9.17, 15) is 9.59 Å². The first-order chi connectivity index (χ1) is 14.8. The zero-order valence-corrected chi connectivity index (χ0v) is 19.1. The van der Waals surface area contributed by atoms with Crippen LogP contribution in [0, 0.1) is 11.8 Å². The van der Waals surface area contributed by atoms with Crippen LogP contribution in [-0.2, 0) is 4.79 Å². The first kappa shape index (κ1) is 22.9. The molecular formula is C24H29ClN2O4. The van der Waals surface area contributed by atoms with Gasteiger partial charge in [0.1, 0.15) is 0 Å². The smallest absolute Gasteiger partial charge is 0.253 e. The molecule has 2 aromatic carbocycles. The van der Waals surface area contributed by atoms with E-state index in [1.165, 1.54) is 0 Å². The average molecular weight is 445 g/mol. The maximum absolute atomic E-state index is 13.2. The lowest BCUT2D eigenvalue weighted by molar-refractivity contribution is -0.125. The molecule has 0 spiro atoms. The SMILES string of the molecule is COc1cccc([C@@H]2CN(C(=O)c3cccc(Cl)c3)C[C@@H]2C(=O)NCC(C)C)c1OC. The van der Waals surface area contributed by atoms with Crippen LogP contribution in [0.5, 0.6) is 11.5 Å². The minimum Gasteiger partial charge on any atom is -0.493 e. The van der Waals surface area contributed by atoms with Gasteiger partial charge in [-0.25, -0.2) is 0 Å². The lowest BCUT2D eigenvalue weighted by atomic mass is 9.87. The van der Waals surface area contributed by atoms with Gasteiger partial charge in [-0.15, -0.1) is 0 Å². The zero-order valence-electron chi connectivity index (χ0n) is 18.4. The molecule has 166 valence electrons. The van der Waals surface area contributed by atoms with Gasteiger partial charge < -0.3 is 19.7 Å². The van der Waals surface area contributed by atoms with E-state index in [1.54, 1.807) is 43.4 Å². The summed E-state index contributed by atoms with van der Waals surface area (Å²) in [7, 11) is 3.16. The second-order valence-electron chi connectivity index (χ2n) is 8.16. The highest BCUT2D eigenvalue weighted by atomic mass is 35.5. The summed E-state index contributed by atoms with van der Waals surface area (Å²) in [6.45, 7) is 5.40. The van der Waals surface area contributed by atoms with E-state index in [0.717, 1.165) is 5.56 Å². The predicted octanol–water partition coefficient (Wildman–Crippen LogP) is 3.99. The van der Waals surface area contributed by atoms with Crippen LogP contribution < -0.4 is 14.8 Å². The molecule has 1 saturated heterocycles. The van der Waals surface area contributed by atoms with E-state index in [1.807, 2.05) is 32.0 Å². The molecule has 3 rings (SSSR count). The molecule has 1 aliphatic rings. The highest BCUT2D eigenvalue weighted by molar-refractivity contribution is 6.30. The van der Waals surface area contributed by atoms with E-state index in [2.05, 4.69) is 5.32 Å². The third kappa shape index (κ3) is 5.13. The van der Waals surface area contributed by atoms with Gasteiger partial charge in [-0.05, 0) is 30.2 Å². The van der Waals surface area contributed by atoms with Crippen molar-refractivity contribution >= 4 is 23.4 Å². The van der Waals surface area contributed by atoms with Crippen LogP contribution in [0.25, 0.3) is 0 Å². The molecule has 1 aliphatic heterocycles. The number of hydrogen-bond acceptors (Lipinski definition) is 4. The minimum atomic E-state index is -0.400. The Hall–Kier alpha value is -2.73. The standard InChI is InChI=1S/C24H29ClN2O4/c1-15(2)12-26-23(28)20-14-27(24(29)16-7-5-8-17(25)11-16)13-19(20)18-9-6-10-21(30-3)22(18)31-4/h5-11,15,19-20H,12-14H2,1-4H3,(H,26,28)/t19-,20-/m0/s1. The van der Waals surface area contributed by atoms with Gasteiger partial charge in [-0.3, -0.25) is 9.59 Å². The molecule has 1 heterocycles. The number of ether oxygens (including phenoxy) is 2. The molecule has 0 saturated carbocycles. The quantitative estimate of drug-likeness (QED) is 0.701. The Morgan fingerprint density at radius 3 is 2.52 bits per heavy atom. The summed E-state index contributed by atoms with van der Waals surface area (Å²) in [5.74, 6) is 0.691. The molecule has 2 amide bonds. The van der Waals surface area contributed by atoms with Crippen LogP contribution in [0.4, 0.5) is 0 Å². The second kappa shape index (κ2) is 10.1. The third-order valence-corrected chi connectivity index (χ3v) is 5.77. The molecular weight excluding hydrogens is 416 g/mol. The number of likely N-dealkylation sites (tertiary alicyclic amines) is 1. The number of hydrogen-bond donors (Lipinski definition) is 1. The normalized spacial score (nSPS) is 18.2. The van der Waals surface area contributed by atoms with Gasteiger partial charge in [0.2, 0.25) is 5.91 Å². The molecule has 0 unspecified atom stereocenters. The lowest BCUT2D eigenvalue weighted by Gasteiger charge is -2.22. The summed E-state index contributed by atoms with van der Waals surface area (Å²) in [5, 5.41) is 3.53. The van der Waals surface area contributed by atoms with Gasteiger partial charge in [0.25, 0.3) is 5.91 Å². The maximum Gasteiger partial charge on any atom is 0.253 e. The summed E-state index contributed by atoms with van der Waals surface area (Å²) in [6, 6.07) is 12.5. The highest BCUT2D eigenvalue weighted by Crippen LogP contribution is 2.42. The van der Waals surface area contributed by atoms with Crippen LogP contribution in [0.1, 0.15) is 35.7 Å². The summed E-state index contributed by atoms with van der Waals surface area (Å²) >= 11 is 6.08. The number of amides is 2. The van der Waals surface area contributed by atoms with Crippen LogP contribution in [0.15, 0.2) is 42.5 Å². The molecule has 0 aliphatic carbocycles. The first-order valence-electron chi connectivity index (χ1n) is 10.4. The molecule has 7 heteroatoms. The molecule has 1 fully saturated rings. The Labute approximate surface area is 188 Å². The van der Waals surface area contributed by atoms with E-state index in [-0.39, 0.29) is 17.7 Å². The van der Waals surface area contributed by atoms with Gasteiger partial charge in [0.15, 0.2) is 11.5 Å². The van der Waals surface area contributed by atoms with E-state index < -0.39 is 5.92 Å². The van der Waals surface area contributed by atoms with Crippen molar-refractivity contribution in [2.75, 3.05) is 33.9 Å². The highest BCUT2D eigenvalue weighted by Gasteiger charge is 2.42. The largest absolute Gasteiger partial charge is 0.493 e. The number of carbonyl (C=O) groups excluding carboxylic acids is 2. The topological polar surface area (TPSA) is 67.9 Å². The van der Waals surface area contributed by atoms with Crippen molar-refractivity contribution < 1.29 is 19.1 Å². The van der Waals surface area contributed by atoms with Crippen molar-refractivity contribution in [1.82, 2.24) is 10.2 Å². The molecule has 1 N–H and O–H groups in total. The van der Waals surface area contributed by atoms with Crippen molar-refractivity contribution in [1.29, 1.82) is 0 Å². The van der Waals surface area contributed by atoms with Crippen molar-refractivity contribution in [2.24, 2.45) is 11.8 Å². The monoisotopic (exact) mass is 444 g/mol. The number of nitrogens with one attached hydrogen (secondary N) is 1. The molecule has 6 nitrogen and oxygen atoms in total. The van der Waals surface area contributed by atoms with Gasteiger partial charge >= 0.3 is 0 Å². The number of nitrogens with zero attached hydrogens (tertiary/aromatic N) is 1. The minimum absolute atomic E-state index is 0.0648. The van der Waals surface area contributed by atoms with Crippen molar-refractivity contribution in [3.63, 3.8) is 0 Å². The van der Waals surface area contributed by atoms with Crippen LogP contribution >= 0.6 is 11.6 Å². The van der Waals surface area contributed by atoms with Crippen LogP contribution in [-0.4, -0.2) is 50.6 Å². The zero-order chi connectivity index (χ0) is 22.5. The number of carbonyl (C=O) groups is 2. The number of para-hydroxylation sites is 1. The van der Waals surface area contributed by atoms with E-state index in [0.29, 0.717) is 47.6 Å². The van der Waals surface area contributed by atoms with Gasteiger partial charge in [0, 0.05) is 41.7 Å². The molecule has 0 aromatic heterocycles. The van der Waals surface area contributed by atoms with Crippen molar-refractivity contribution in [2.45, 2.75) is 19.8 Å². The summed E-state index contributed by atoms with van der Waals surface area (Å²) in [5.41, 5.74) is 1.36. The Bertz CT molecular complexity index is 947. The Balaban J connectivity index is 1.95. The van der Waals surface area contributed by atoms with Gasteiger partial charge in [-0.2, -0.15) is 0 Å². The fourth-order valence-corrected chi connectivity index (χ4v) is 4.18. The number of halogens is 1. The summed E-state index contributed by atoms with van der Waals surface area (Å²) < 4.78 is 11.1. The fraction of sp³-hybridized carbons (Fsp3) is 0.417. The Kier molecular flexibility index (Phi) is 7.44. The molecule has 0 bridgehead atoms. The van der Waals surface area contributed by atoms with Crippen molar-refractivity contribution in [3.05, 3.63) is 58.6 Å². The number of methoxy groups -OCH3 is 2. The maximum atomic E-state index is 13.2. The lowest BCUT2D eigenvalue weighted by Crippen LogP contribution is -2.37.